The lowest BCUT2D eigenvalue weighted by Gasteiger charge is -2.07. The van der Waals surface area contributed by atoms with Gasteiger partial charge < -0.3 is 5.32 Å². The molecule has 2 aromatic carbocycles. The van der Waals surface area contributed by atoms with Crippen molar-refractivity contribution in [2.45, 2.75) is 6.54 Å². The van der Waals surface area contributed by atoms with Gasteiger partial charge in [0.25, 0.3) is 0 Å². The van der Waals surface area contributed by atoms with Crippen molar-refractivity contribution < 1.29 is 0 Å². The molecule has 1 aromatic heterocycles. The Kier molecular flexibility index (Phi) is 4.33. The number of nitriles is 1. The van der Waals surface area contributed by atoms with E-state index >= 15 is 0 Å². The molecule has 0 aliphatic rings. The summed E-state index contributed by atoms with van der Waals surface area (Å²) >= 11 is 7.64. The Labute approximate surface area is 137 Å². The van der Waals surface area contributed by atoms with Crippen LogP contribution >= 0.6 is 22.9 Å². The van der Waals surface area contributed by atoms with Crippen LogP contribution in [0.1, 0.15) is 10.6 Å². The topological polar surface area (TPSA) is 61.6 Å². The van der Waals surface area contributed by atoms with Gasteiger partial charge in [-0.3, -0.25) is 0 Å². The molecule has 6 heteroatoms. The fourth-order valence-corrected chi connectivity index (χ4v) is 3.01. The van der Waals surface area contributed by atoms with E-state index in [1.807, 2.05) is 30.3 Å². The van der Waals surface area contributed by atoms with E-state index < -0.39 is 0 Å². The van der Waals surface area contributed by atoms with E-state index in [1.165, 1.54) is 11.3 Å². The van der Waals surface area contributed by atoms with Gasteiger partial charge in [-0.25, -0.2) is 0 Å². The number of rotatable bonds is 4. The Morgan fingerprint density at radius 3 is 2.68 bits per heavy atom. The van der Waals surface area contributed by atoms with E-state index in [0.717, 1.165) is 15.6 Å². The van der Waals surface area contributed by atoms with Crippen LogP contribution in [0.5, 0.6) is 0 Å². The summed E-state index contributed by atoms with van der Waals surface area (Å²) in [5.74, 6) is 0. The molecule has 4 nitrogen and oxygen atoms in total. The molecular weight excluding hydrogens is 316 g/mol. The van der Waals surface area contributed by atoms with Crippen LogP contribution < -0.4 is 5.32 Å². The molecule has 108 valence electrons. The van der Waals surface area contributed by atoms with Crippen LogP contribution in [0, 0.1) is 11.3 Å². The van der Waals surface area contributed by atoms with Crippen LogP contribution in [0.4, 0.5) is 5.69 Å². The summed E-state index contributed by atoms with van der Waals surface area (Å²) in [6.45, 7) is 0.475. The molecule has 0 unspecified atom stereocenters. The summed E-state index contributed by atoms with van der Waals surface area (Å²) in [5.41, 5.74) is 2.19. The zero-order valence-electron chi connectivity index (χ0n) is 11.5. The molecule has 0 atom stereocenters. The molecule has 3 aromatic rings. The number of hydrogen-bond donors (Lipinski definition) is 1. The highest BCUT2D eigenvalue weighted by Gasteiger charge is 2.09. The number of aromatic nitrogens is 2. The van der Waals surface area contributed by atoms with Crippen LogP contribution in [-0.2, 0) is 6.54 Å². The molecule has 22 heavy (non-hydrogen) atoms. The van der Waals surface area contributed by atoms with Crippen LogP contribution in [0.3, 0.4) is 0 Å². The second kappa shape index (κ2) is 6.56. The minimum Gasteiger partial charge on any atom is -0.376 e. The summed E-state index contributed by atoms with van der Waals surface area (Å²) in [6.07, 6.45) is 0. The minimum atomic E-state index is 0.475. The van der Waals surface area contributed by atoms with E-state index in [0.29, 0.717) is 22.8 Å². The molecule has 0 aliphatic carbocycles. The predicted octanol–water partition coefficient (Wildman–Crippen LogP) is 4.34. The highest BCUT2D eigenvalue weighted by molar-refractivity contribution is 7.14. The standard InChI is InChI=1S/C16H11ClN4S/c17-13-8-4-7-12(9-18)15(13)19-10-14-20-21-16(22-14)11-5-2-1-3-6-11/h1-8,19H,10H2. The van der Waals surface area contributed by atoms with Gasteiger partial charge in [0.2, 0.25) is 0 Å². The molecule has 0 spiro atoms. The second-order valence-electron chi connectivity index (χ2n) is 4.49. The Bertz CT molecular complexity index is 824. The minimum absolute atomic E-state index is 0.475. The van der Waals surface area contributed by atoms with Gasteiger partial charge >= 0.3 is 0 Å². The van der Waals surface area contributed by atoms with Crippen molar-refractivity contribution in [2.24, 2.45) is 0 Å². The van der Waals surface area contributed by atoms with Gasteiger partial charge in [-0.05, 0) is 12.1 Å². The largest absolute Gasteiger partial charge is 0.376 e. The van der Waals surface area contributed by atoms with Crippen LogP contribution in [-0.4, -0.2) is 10.2 Å². The molecule has 0 radical (unpaired) electrons. The maximum absolute atomic E-state index is 9.12. The Hall–Kier alpha value is -2.42. The van der Waals surface area contributed by atoms with Crippen LogP contribution in [0.2, 0.25) is 5.02 Å². The second-order valence-corrected chi connectivity index (χ2v) is 5.96. The Morgan fingerprint density at radius 1 is 1.09 bits per heavy atom. The molecule has 0 bridgehead atoms. The summed E-state index contributed by atoms with van der Waals surface area (Å²) in [4.78, 5) is 0. The fourth-order valence-electron chi connectivity index (χ4n) is 1.98. The third kappa shape index (κ3) is 3.08. The molecule has 0 fully saturated rings. The van der Waals surface area contributed by atoms with Gasteiger partial charge in [-0.1, -0.05) is 59.3 Å². The lowest BCUT2D eigenvalue weighted by atomic mass is 10.2. The number of halogens is 1. The van der Waals surface area contributed by atoms with Gasteiger partial charge in [-0.2, -0.15) is 5.26 Å². The third-order valence-electron chi connectivity index (χ3n) is 3.04. The number of benzene rings is 2. The first-order chi connectivity index (χ1) is 10.8. The third-order valence-corrected chi connectivity index (χ3v) is 4.33. The number of para-hydroxylation sites is 1. The lowest BCUT2D eigenvalue weighted by molar-refractivity contribution is 0.992. The van der Waals surface area contributed by atoms with Crippen molar-refractivity contribution in [3.8, 4) is 16.6 Å². The Morgan fingerprint density at radius 2 is 1.91 bits per heavy atom. The van der Waals surface area contributed by atoms with Crippen molar-refractivity contribution in [2.75, 3.05) is 5.32 Å². The number of nitrogens with zero attached hydrogens (tertiary/aromatic N) is 3. The first kappa shape index (κ1) is 14.5. The normalized spacial score (nSPS) is 10.2. The Balaban J connectivity index is 1.76. The van der Waals surface area contributed by atoms with Gasteiger partial charge in [-0.15, -0.1) is 10.2 Å². The van der Waals surface area contributed by atoms with Crippen LogP contribution in [0.25, 0.3) is 10.6 Å². The number of hydrogen-bond acceptors (Lipinski definition) is 5. The van der Waals surface area contributed by atoms with Crippen molar-refractivity contribution in [1.82, 2.24) is 10.2 Å². The summed E-state index contributed by atoms with van der Waals surface area (Å²) in [7, 11) is 0. The average Bonchev–Trinajstić information content (AvgIpc) is 3.03. The first-order valence-electron chi connectivity index (χ1n) is 6.58. The monoisotopic (exact) mass is 326 g/mol. The molecule has 0 aliphatic heterocycles. The fraction of sp³-hybridized carbons (Fsp3) is 0.0625. The van der Waals surface area contributed by atoms with Crippen LogP contribution in [0.15, 0.2) is 48.5 Å². The predicted molar refractivity (Wildman–Crippen MR) is 88.8 cm³/mol. The number of nitrogens with one attached hydrogen (secondary N) is 1. The SMILES string of the molecule is N#Cc1cccc(Cl)c1NCc1nnc(-c2ccccc2)s1. The maximum atomic E-state index is 9.12. The van der Waals surface area contributed by atoms with Crippen molar-refractivity contribution in [1.29, 1.82) is 5.26 Å². The quantitative estimate of drug-likeness (QED) is 0.774. The molecular formula is C16H11ClN4S. The van der Waals surface area contributed by atoms with E-state index in [1.54, 1.807) is 18.2 Å². The molecule has 1 heterocycles. The van der Waals surface area contributed by atoms with E-state index in [4.69, 9.17) is 16.9 Å². The summed E-state index contributed by atoms with van der Waals surface area (Å²) < 4.78 is 0. The van der Waals surface area contributed by atoms with Gasteiger partial charge in [0, 0.05) is 5.56 Å². The summed E-state index contributed by atoms with van der Waals surface area (Å²) in [6, 6.07) is 17.3. The van der Waals surface area contributed by atoms with E-state index in [9.17, 15) is 0 Å². The molecule has 0 amide bonds. The highest BCUT2D eigenvalue weighted by Crippen LogP contribution is 2.27. The van der Waals surface area contributed by atoms with E-state index in [-0.39, 0.29) is 0 Å². The zero-order chi connectivity index (χ0) is 15.4. The van der Waals surface area contributed by atoms with Crippen molar-refractivity contribution >= 4 is 28.6 Å². The van der Waals surface area contributed by atoms with E-state index in [2.05, 4.69) is 21.6 Å². The maximum Gasteiger partial charge on any atom is 0.147 e. The lowest BCUT2D eigenvalue weighted by Crippen LogP contribution is -2.01. The molecule has 1 N–H and O–H groups in total. The molecule has 0 saturated heterocycles. The van der Waals surface area contributed by atoms with Gasteiger partial charge in [0.1, 0.15) is 16.1 Å². The first-order valence-corrected chi connectivity index (χ1v) is 7.77. The highest BCUT2D eigenvalue weighted by atomic mass is 35.5. The number of anilines is 1. The molecule has 3 rings (SSSR count). The zero-order valence-corrected chi connectivity index (χ0v) is 13.0. The van der Waals surface area contributed by atoms with Gasteiger partial charge in [0.15, 0.2) is 0 Å². The van der Waals surface area contributed by atoms with Gasteiger partial charge in [0.05, 0.1) is 22.8 Å². The smallest absolute Gasteiger partial charge is 0.147 e. The average molecular weight is 327 g/mol. The van der Waals surface area contributed by atoms with Crippen molar-refractivity contribution in [3.05, 3.63) is 64.1 Å². The summed E-state index contributed by atoms with van der Waals surface area (Å²) in [5, 5.41) is 22.9. The molecule has 0 saturated carbocycles. The van der Waals surface area contributed by atoms with Crippen molar-refractivity contribution in [3.63, 3.8) is 0 Å².